The summed E-state index contributed by atoms with van der Waals surface area (Å²) in [6.45, 7) is 0. The van der Waals surface area contributed by atoms with Crippen LogP contribution in [-0.2, 0) is 0 Å². The molecule has 0 aromatic heterocycles. The molecule has 3 amide bonds. The molecule has 5 nitrogen and oxygen atoms in total. The minimum atomic E-state index is -0.316. The number of urea groups is 1. The van der Waals surface area contributed by atoms with E-state index >= 15 is 0 Å². The lowest BCUT2D eigenvalue weighted by Crippen LogP contribution is -2.24. The van der Waals surface area contributed by atoms with Crippen molar-refractivity contribution in [1.82, 2.24) is 10.6 Å². The first-order valence-corrected chi connectivity index (χ1v) is 4.48. The Labute approximate surface area is 87.9 Å². The quantitative estimate of drug-likeness (QED) is 0.671. The second-order valence-corrected chi connectivity index (χ2v) is 2.86. The van der Waals surface area contributed by atoms with Crippen LogP contribution < -0.4 is 16.0 Å². The number of nitrogens with one attached hydrogen (secondary N) is 3. The van der Waals surface area contributed by atoms with Gasteiger partial charge in [-0.2, -0.15) is 0 Å². The van der Waals surface area contributed by atoms with Crippen LogP contribution in [-0.4, -0.2) is 26.0 Å². The highest BCUT2D eigenvalue weighted by Gasteiger charge is 2.04. The third kappa shape index (κ3) is 2.98. The first kappa shape index (κ1) is 11.0. The van der Waals surface area contributed by atoms with E-state index < -0.39 is 0 Å². The Morgan fingerprint density at radius 1 is 1.13 bits per heavy atom. The molecule has 0 aliphatic heterocycles. The molecule has 0 bridgehead atoms. The number of hydrogen-bond donors (Lipinski definition) is 3. The molecule has 0 heterocycles. The fraction of sp³-hybridized carbons (Fsp3) is 0.200. The summed E-state index contributed by atoms with van der Waals surface area (Å²) in [5.41, 5.74) is 1.09. The van der Waals surface area contributed by atoms with Gasteiger partial charge in [0.05, 0.1) is 0 Å². The van der Waals surface area contributed by atoms with Gasteiger partial charge in [-0.3, -0.25) is 4.79 Å². The number of carbonyl (C=O) groups excluding carboxylic acids is 2. The van der Waals surface area contributed by atoms with Crippen LogP contribution in [0.4, 0.5) is 10.5 Å². The number of rotatable bonds is 2. The molecule has 0 saturated carbocycles. The minimum Gasteiger partial charge on any atom is -0.355 e. The fourth-order valence-corrected chi connectivity index (χ4v) is 1.08. The zero-order valence-electron chi connectivity index (χ0n) is 8.63. The standard InChI is InChI=1S/C10H13N3O2/c1-11-9(14)7-4-3-5-8(6-7)13-10(15)12-2/h3-6H,1-2H3,(H,11,14)(H2,12,13,15). The van der Waals surface area contributed by atoms with E-state index in [4.69, 9.17) is 0 Å². The van der Waals surface area contributed by atoms with E-state index in [1.54, 1.807) is 31.3 Å². The first-order valence-electron chi connectivity index (χ1n) is 4.48. The summed E-state index contributed by atoms with van der Waals surface area (Å²) in [4.78, 5) is 22.3. The van der Waals surface area contributed by atoms with Gasteiger partial charge >= 0.3 is 6.03 Å². The molecule has 0 fully saturated rings. The molecular weight excluding hydrogens is 194 g/mol. The van der Waals surface area contributed by atoms with Gasteiger partial charge in [0.25, 0.3) is 5.91 Å². The van der Waals surface area contributed by atoms with Gasteiger partial charge in [0.1, 0.15) is 0 Å². The van der Waals surface area contributed by atoms with Crippen molar-refractivity contribution in [3.63, 3.8) is 0 Å². The highest BCUT2D eigenvalue weighted by molar-refractivity contribution is 5.96. The van der Waals surface area contributed by atoms with E-state index in [9.17, 15) is 9.59 Å². The van der Waals surface area contributed by atoms with Crippen molar-refractivity contribution in [3.8, 4) is 0 Å². The van der Waals surface area contributed by atoms with E-state index in [0.717, 1.165) is 0 Å². The number of hydrogen-bond acceptors (Lipinski definition) is 2. The Hall–Kier alpha value is -2.04. The Morgan fingerprint density at radius 3 is 2.47 bits per heavy atom. The Balaban J connectivity index is 2.83. The molecule has 0 saturated heterocycles. The van der Waals surface area contributed by atoms with E-state index in [2.05, 4.69) is 16.0 Å². The Morgan fingerprint density at radius 2 is 1.87 bits per heavy atom. The summed E-state index contributed by atoms with van der Waals surface area (Å²) < 4.78 is 0. The SMILES string of the molecule is CNC(=O)Nc1cccc(C(=O)NC)c1. The van der Waals surface area contributed by atoms with Gasteiger partial charge in [-0.05, 0) is 18.2 Å². The highest BCUT2D eigenvalue weighted by Crippen LogP contribution is 2.10. The van der Waals surface area contributed by atoms with Gasteiger partial charge < -0.3 is 16.0 Å². The van der Waals surface area contributed by atoms with Crippen molar-refractivity contribution < 1.29 is 9.59 Å². The number of anilines is 1. The first-order chi connectivity index (χ1) is 7.17. The highest BCUT2D eigenvalue weighted by atomic mass is 16.2. The van der Waals surface area contributed by atoms with Gasteiger partial charge in [0.2, 0.25) is 0 Å². The molecule has 5 heteroatoms. The van der Waals surface area contributed by atoms with Gasteiger partial charge in [-0.1, -0.05) is 6.07 Å². The van der Waals surface area contributed by atoms with Gasteiger partial charge in [0, 0.05) is 25.3 Å². The minimum absolute atomic E-state index is 0.185. The van der Waals surface area contributed by atoms with Crippen molar-refractivity contribution in [3.05, 3.63) is 29.8 Å². The topological polar surface area (TPSA) is 70.2 Å². The molecule has 0 atom stereocenters. The van der Waals surface area contributed by atoms with Crippen LogP contribution >= 0.6 is 0 Å². The average Bonchev–Trinajstić information content (AvgIpc) is 2.28. The molecular formula is C10H13N3O2. The molecule has 1 aromatic carbocycles. The molecule has 1 aromatic rings. The van der Waals surface area contributed by atoms with Crippen LogP contribution in [0.15, 0.2) is 24.3 Å². The number of carbonyl (C=O) groups is 2. The molecule has 3 N–H and O–H groups in total. The van der Waals surface area contributed by atoms with Crippen LogP contribution in [0.2, 0.25) is 0 Å². The zero-order valence-corrected chi connectivity index (χ0v) is 8.63. The molecule has 80 valence electrons. The van der Waals surface area contributed by atoms with Gasteiger partial charge in [-0.15, -0.1) is 0 Å². The largest absolute Gasteiger partial charge is 0.355 e. The second-order valence-electron chi connectivity index (χ2n) is 2.86. The van der Waals surface area contributed by atoms with Gasteiger partial charge in [0.15, 0.2) is 0 Å². The van der Waals surface area contributed by atoms with Gasteiger partial charge in [-0.25, -0.2) is 4.79 Å². The third-order valence-corrected chi connectivity index (χ3v) is 1.84. The Bertz CT molecular complexity index is 377. The summed E-state index contributed by atoms with van der Waals surface area (Å²) in [7, 11) is 3.08. The van der Waals surface area contributed by atoms with Crippen LogP contribution in [0.25, 0.3) is 0 Å². The summed E-state index contributed by atoms with van der Waals surface area (Å²) in [6, 6.07) is 6.38. The van der Waals surface area contributed by atoms with E-state index in [1.807, 2.05) is 0 Å². The maximum Gasteiger partial charge on any atom is 0.318 e. The molecule has 0 aliphatic rings. The number of amides is 3. The summed E-state index contributed by atoms with van der Waals surface area (Å²) in [5, 5.41) is 7.51. The predicted octanol–water partition coefficient (Wildman–Crippen LogP) is 0.797. The molecule has 1 rings (SSSR count). The van der Waals surface area contributed by atoms with Crippen LogP contribution in [0.3, 0.4) is 0 Å². The van der Waals surface area contributed by atoms with Crippen LogP contribution in [0, 0.1) is 0 Å². The molecule has 0 radical (unpaired) electrons. The van der Waals surface area contributed by atoms with E-state index in [0.29, 0.717) is 11.3 Å². The van der Waals surface area contributed by atoms with Crippen molar-refractivity contribution in [2.75, 3.05) is 19.4 Å². The van der Waals surface area contributed by atoms with Crippen molar-refractivity contribution in [2.24, 2.45) is 0 Å². The second kappa shape index (κ2) is 4.99. The normalized spacial score (nSPS) is 9.20. The summed E-state index contributed by atoms with van der Waals surface area (Å²) in [5.74, 6) is -0.185. The Kier molecular flexibility index (Phi) is 3.68. The lowest BCUT2D eigenvalue weighted by molar-refractivity contribution is 0.0963. The molecule has 0 unspecified atom stereocenters. The summed E-state index contributed by atoms with van der Waals surface area (Å²) in [6.07, 6.45) is 0. The van der Waals surface area contributed by atoms with Crippen molar-refractivity contribution in [1.29, 1.82) is 0 Å². The van der Waals surface area contributed by atoms with Crippen LogP contribution in [0.1, 0.15) is 10.4 Å². The lowest BCUT2D eigenvalue weighted by atomic mass is 10.2. The van der Waals surface area contributed by atoms with E-state index in [-0.39, 0.29) is 11.9 Å². The molecule has 0 aliphatic carbocycles. The monoisotopic (exact) mass is 207 g/mol. The van der Waals surface area contributed by atoms with E-state index in [1.165, 1.54) is 7.05 Å². The summed E-state index contributed by atoms with van der Waals surface area (Å²) >= 11 is 0. The fourth-order valence-electron chi connectivity index (χ4n) is 1.08. The number of benzene rings is 1. The predicted molar refractivity (Wildman–Crippen MR) is 57.9 cm³/mol. The third-order valence-electron chi connectivity index (χ3n) is 1.84. The maximum absolute atomic E-state index is 11.3. The molecule has 0 spiro atoms. The van der Waals surface area contributed by atoms with Crippen LogP contribution in [0.5, 0.6) is 0 Å². The zero-order chi connectivity index (χ0) is 11.3. The smallest absolute Gasteiger partial charge is 0.318 e. The average molecular weight is 207 g/mol. The maximum atomic E-state index is 11.3. The lowest BCUT2D eigenvalue weighted by Gasteiger charge is -2.05. The molecule has 15 heavy (non-hydrogen) atoms. The van der Waals surface area contributed by atoms with Crippen molar-refractivity contribution >= 4 is 17.6 Å². The van der Waals surface area contributed by atoms with Crippen molar-refractivity contribution in [2.45, 2.75) is 0 Å².